The van der Waals surface area contributed by atoms with Gasteiger partial charge in [-0.1, -0.05) is 12.1 Å². The zero-order chi connectivity index (χ0) is 13.0. The van der Waals surface area contributed by atoms with Crippen molar-refractivity contribution in [2.24, 2.45) is 0 Å². The van der Waals surface area contributed by atoms with Gasteiger partial charge < -0.3 is 10.3 Å². The molecule has 0 aliphatic rings. The lowest BCUT2D eigenvalue weighted by atomic mass is 10.1. The predicted octanol–water partition coefficient (Wildman–Crippen LogP) is 0.807. The monoisotopic (exact) mass is 267 g/mol. The van der Waals surface area contributed by atoms with Crippen molar-refractivity contribution < 1.29 is 8.42 Å². The fourth-order valence-corrected chi connectivity index (χ4v) is 2.45. The van der Waals surface area contributed by atoms with E-state index >= 15 is 0 Å². The Labute approximate surface area is 107 Å². The fourth-order valence-electron chi connectivity index (χ4n) is 1.84. The SMILES string of the molecule is CNS(=O)(=O)CCNCc1cccc2[nH]ccc12. The Hall–Kier alpha value is -1.37. The number of sulfonamides is 1. The molecule has 0 amide bonds. The molecule has 0 bridgehead atoms. The minimum Gasteiger partial charge on any atom is -0.361 e. The molecule has 1 aromatic heterocycles. The molecule has 1 heterocycles. The van der Waals surface area contributed by atoms with E-state index in [2.05, 4.69) is 15.0 Å². The van der Waals surface area contributed by atoms with Crippen LogP contribution in [0, 0.1) is 0 Å². The van der Waals surface area contributed by atoms with Crippen LogP contribution in [0.4, 0.5) is 0 Å². The van der Waals surface area contributed by atoms with Crippen molar-refractivity contribution in [3.05, 3.63) is 36.0 Å². The van der Waals surface area contributed by atoms with E-state index in [1.54, 1.807) is 0 Å². The lowest BCUT2D eigenvalue weighted by Gasteiger charge is -2.06. The lowest BCUT2D eigenvalue weighted by Crippen LogP contribution is -2.29. The predicted molar refractivity (Wildman–Crippen MR) is 72.9 cm³/mol. The molecule has 5 nitrogen and oxygen atoms in total. The first-order chi connectivity index (χ1) is 8.62. The molecule has 0 atom stereocenters. The summed E-state index contributed by atoms with van der Waals surface area (Å²) in [4.78, 5) is 3.15. The molecular formula is C12H17N3O2S. The van der Waals surface area contributed by atoms with Gasteiger partial charge in [0.1, 0.15) is 0 Å². The van der Waals surface area contributed by atoms with E-state index in [0.717, 1.165) is 11.1 Å². The first-order valence-electron chi connectivity index (χ1n) is 5.79. The standard InChI is InChI=1S/C12H17N3O2S/c1-13-18(16,17)8-7-14-9-10-3-2-4-12-11(10)5-6-15-12/h2-6,13-15H,7-9H2,1H3. The van der Waals surface area contributed by atoms with Crippen LogP contribution in [0.15, 0.2) is 30.5 Å². The van der Waals surface area contributed by atoms with Gasteiger partial charge in [-0.2, -0.15) is 0 Å². The molecule has 6 heteroatoms. The van der Waals surface area contributed by atoms with Crippen molar-refractivity contribution in [3.8, 4) is 0 Å². The third-order valence-corrected chi connectivity index (χ3v) is 4.22. The number of benzene rings is 1. The van der Waals surface area contributed by atoms with E-state index in [1.807, 2.05) is 30.5 Å². The maximum Gasteiger partial charge on any atom is 0.212 e. The van der Waals surface area contributed by atoms with Crippen molar-refractivity contribution >= 4 is 20.9 Å². The molecular weight excluding hydrogens is 250 g/mol. The van der Waals surface area contributed by atoms with E-state index in [4.69, 9.17) is 0 Å². The molecule has 98 valence electrons. The Bertz CT molecular complexity index is 619. The van der Waals surface area contributed by atoms with E-state index < -0.39 is 10.0 Å². The molecule has 0 aliphatic heterocycles. The zero-order valence-electron chi connectivity index (χ0n) is 10.2. The number of H-pyrrole nitrogens is 1. The van der Waals surface area contributed by atoms with Crippen LogP contribution >= 0.6 is 0 Å². The minimum absolute atomic E-state index is 0.0899. The van der Waals surface area contributed by atoms with Gasteiger partial charge in [-0.25, -0.2) is 13.1 Å². The summed E-state index contributed by atoms with van der Waals surface area (Å²) in [5, 5.41) is 4.31. The molecule has 3 N–H and O–H groups in total. The maximum absolute atomic E-state index is 11.2. The van der Waals surface area contributed by atoms with Crippen LogP contribution in [-0.2, 0) is 16.6 Å². The van der Waals surface area contributed by atoms with E-state index in [1.165, 1.54) is 12.4 Å². The van der Waals surface area contributed by atoms with Crippen molar-refractivity contribution in [1.82, 2.24) is 15.0 Å². The smallest absolute Gasteiger partial charge is 0.212 e. The molecule has 18 heavy (non-hydrogen) atoms. The highest BCUT2D eigenvalue weighted by atomic mass is 32.2. The third kappa shape index (κ3) is 3.10. The quantitative estimate of drug-likeness (QED) is 0.678. The van der Waals surface area contributed by atoms with Gasteiger partial charge in [-0.3, -0.25) is 0 Å². The van der Waals surface area contributed by atoms with Crippen molar-refractivity contribution in [2.75, 3.05) is 19.3 Å². The summed E-state index contributed by atoms with van der Waals surface area (Å²) in [7, 11) is -1.70. The van der Waals surface area contributed by atoms with Crippen LogP contribution in [-0.4, -0.2) is 32.7 Å². The Kier molecular flexibility index (Phi) is 4.00. The van der Waals surface area contributed by atoms with E-state index in [9.17, 15) is 8.42 Å². The number of nitrogens with one attached hydrogen (secondary N) is 3. The molecule has 2 rings (SSSR count). The molecule has 1 aromatic carbocycles. The summed E-state index contributed by atoms with van der Waals surface area (Å²) < 4.78 is 24.7. The van der Waals surface area contributed by atoms with Crippen molar-refractivity contribution in [1.29, 1.82) is 0 Å². The lowest BCUT2D eigenvalue weighted by molar-refractivity contribution is 0.583. The molecule has 0 saturated carbocycles. The topological polar surface area (TPSA) is 74.0 Å². The first kappa shape index (κ1) is 13.1. The summed E-state index contributed by atoms with van der Waals surface area (Å²) in [6.45, 7) is 1.10. The summed E-state index contributed by atoms with van der Waals surface area (Å²) in [6.07, 6.45) is 1.90. The Morgan fingerprint density at radius 1 is 1.28 bits per heavy atom. The summed E-state index contributed by atoms with van der Waals surface area (Å²) >= 11 is 0. The second kappa shape index (κ2) is 5.51. The second-order valence-electron chi connectivity index (χ2n) is 4.06. The number of aromatic amines is 1. The van der Waals surface area contributed by atoms with Crippen LogP contribution < -0.4 is 10.0 Å². The maximum atomic E-state index is 11.2. The number of aromatic nitrogens is 1. The second-order valence-corrected chi connectivity index (χ2v) is 6.10. The Morgan fingerprint density at radius 3 is 2.89 bits per heavy atom. The van der Waals surface area contributed by atoms with Gasteiger partial charge in [-0.15, -0.1) is 0 Å². The highest BCUT2D eigenvalue weighted by Gasteiger charge is 2.06. The van der Waals surface area contributed by atoms with E-state index in [0.29, 0.717) is 13.1 Å². The van der Waals surface area contributed by atoms with Gasteiger partial charge in [0.25, 0.3) is 0 Å². The van der Waals surface area contributed by atoms with Gasteiger partial charge in [-0.05, 0) is 24.7 Å². The number of fused-ring (bicyclic) bond motifs is 1. The molecule has 0 fully saturated rings. The third-order valence-electron chi connectivity index (χ3n) is 2.86. The van der Waals surface area contributed by atoms with Crippen LogP contribution in [0.5, 0.6) is 0 Å². The van der Waals surface area contributed by atoms with E-state index in [-0.39, 0.29) is 5.75 Å². The molecule has 2 aromatic rings. The summed E-state index contributed by atoms with van der Waals surface area (Å²) in [6, 6.07) is 8.07. The van der Waals surface area contributed by atoms with Gasteiger partial charge in [0.15, 0.2) is 0 Å². The number of hydrogen-bond donors (Lipinski definition) is 3. The van der Waals surface area contributed by atoms with Gasteiger partial charge >= 0.3 is 0 Å². The summed E-state index contributed by atoms with van der Waals surface area (Å²) in [5.74, 6) is 0.0899. The normalized spacial score (nSPS) is 12.1. The van der Waals surface area contributed by atoms with Crippen molar-refractivity contribution in [3.63, 3.8) is 0 Å². The fraction of sp³-hybridized carbons (Fsp3) is 0.333. The largest absolute Gasteiger partial charge is 0.361 e. The molecule has 0 radical (unpaired) electrons. The number of hydrogen-bond acceptors (Lipinski definition) is 3. The average Bonchev–Trinajstić information content (AvgIpc) is 2.83. The van der Waals surface area contributed by atoms with Crippen LogP contribution in [0.2, 0.25) is 0 Å². The molecule has 0 aliphatic carbocycles. The highest BCUT2D eigenvalue weighted by Crippen LogP contribution is 2.16. The molecule has 0 saturated heterocycles. The van der Waals surface area contributed by atoms with Crippen LogP contribution in [0.1, 0.15) is 5.56 Å². The van der Waals surface area contributed by atoms with Crippen molar-refractivity contribution in [2.45, 2.75) is 6.54 Å². The van der Waals surface area contributed by atoms with Crippen LogP contribution in [0.3, 0.4) is 0 Å². The molecule has 0 spiro atoms. The highest BCUT2D eigenvalue weighted by molar-refractivity contribution is 7.89. The summed E-state index contributed by atoms with van der Waals surface area (Å²) in [5.41, 5.74) is 2.26. The van der Waals surface area contributed by atoms with Crippen LogP contribution in [0.25, 0.3) is 10.9 Å². The first-order valence-corrected chi connectivity index (χ1v) is 7.44. The zero-order valence-corrected chi connectivity index (χ0v) is 11.0. The van der Waals surface area contributed by atoms with Gasteiger partial charge in [0, 0.05) is 30.2 Å². The Balaban J connectivity index is 1.93. The number of rotatable bonds is 6. The molecule has 0 unspecified atom stereocenters. The average molecular weight is 267 g/mol. The van der Waals surface area contributed by atoms with Gasteiger partial charge in [0.2, 0.25) is 10.0 Å². The Morgan fingerprint density at radius 2 is 2.11 bits per heavy atom. The minimum atomic E-state index is -3.12. The van der Waals surface area contributed by atoms with Gasteiger partial charge in [0.05, 0.1) is 5.75 Å².